The van der Waals surface area contributed by atoms with Crippen LogP contribution in [0.5, 0.6) is 0 Å². The third-order valence-corrected chi connectivity index (χ3v) is 6.43. The molecule has 0 saturated heterocycles. The Bertz CT molecular complexity index is 1410. The van der Waals surface area contributed by atoms with E-state index in [9.17, 15) is 8.42 Å². The Morgan fingerprint density at radius 2 is 1.63 bits per heavy atom. The maximum Gasteiger partial charge on any atom is 0.203 e. The fourth-order valence-electron chi connectivity index (χ4n) is 3.71. The normalized spacial score (nSPS) is 11.8. The second-order valence-corrected chi connectivity index (χ2v) is 9.88. The molecule has 0 amide bonds. The second-order valence-electron chi connectivity index (χ2n) is 7.90. The molecule has 2 aliphatic rings. The summed E-state index contributed by atoms with van der Waals surface area (Å²) in [6.07, 6.45) is 1.25. The minimum Gasteiger partial charge on any atom is -0.456 e. The number of fused-ring (bicyclic) bond motifs is 2. The first-order chi connectivity index (χ1) is 14.2. The quantitative estimate of drug-likeness (QED) is 0.374. The maximum atomic E-state index is 12.5. The molecule has 0 unspecified atom stereocenters. The van der Waals surface area contributed by atoms with Gasteiger partial charge in [-0.2, -0.15) is 0 Å². The van der Waals surface area contributed by atoms with E-state index in [1.807, 2.05) is 86.2 Å². The van der Waals surface area contributed by atoms with Crippen molar-refractivity contribution in [2.24, 2.45) is 0 Å². The molecular weight excluding hydrogens is 396 g/mol. The number of sulfone groups is 1. The van der Waals surface area contributed by atoms with Gasteiger partial charge in [-0.25, -0.2) is 13.0 Å². The zero-order valence-corrected chi connectivity index (χ0v) is 18.6. The second kappa shape index (κ2) is 7.29. The molecule has 2 aromatic carbocycles. The highest BCUT2D eigenvalue weighted by Gasteiger charge is 2.23. The van der Waals surface area contributed by atoms with Gasteiger partial charge >= 0.3 is 0 Å². The first-order valence-electron chi connectivity index (χ1n) is 9.64. The Morgan fingerprint density at radius 1 is 0.900 bits per heavy atom. The van der Waals surface area contributed by atoms with Crippen molar-refractivity contribution in [1.82, 2.24) is 4.58 Å². The van der Waals surface area contributed by atoms with Crippen LogP contribution in [0.1, 0.15) is 0 Å². The van der Waals surface area contributed by atoms with Gasteiger partial charge in [0.05, 0.1) is 11.0 Å². The van der Waals surface area contributed by atoms with Crippen LogP contribution in [0.4, 0.5) is 5.69 Å². The lowest BCUT2D eigenvalue weighted by Gasteiger charge is -2.19. The van der Waals surface area contributed by atoms with Crippen molar-refractivity contribution in [2.45, 2.75) is 4.90 Å². The molecule has 5 nitrogen and oxygen atoms in total. The molecule has 6 heteroatoms. The van der Waals surface area contributed by atoms with Crippen LogP contribution in [0.25, 0.3) is 33.4 Å². The largest absolute Gasteiger partial charge is 0.456 e. The van der Waals surface area contributed by atoms with E-state index in [0.29, 0.717) is 21.8 Å². The van der Waals surface area contributed by atoms with Gasteiger partial charge in [0.15, 0.2) is 9.84 Å². The minimum atomic E-state index is -3.41. The first-order valence-corrected chi connectivity index (χ1v) is 11.5. The van der Waals surface area contributed by atoms with Gasteiger partial charge in [-0.15, -0.1) is 0 Å². The molecule has 0 atom stereocenters. The van der Waals surface area contributed by atoms with E-state index >= 15 is 0 Å². The van der Waals surface area contributed by atoms with Gasteiger partial charge in [0.2, 0.25) is 5.36 Å². The lowest BCUT2D eigenvalue weighted by Crippen LogP contribution is -2.21. The molecule has 0 radical (unpaired) electrons. The van der Waals surface area contributed by atoms with Crippen LogP contribution in [0.2, 0.25) is 0 Å². The van der Waals surface area contributed by atoms with Crippen molar-refractivity contribution in [3.63, 3.8) is 0 Å². The van der Waals surface area contributed by atoms with Crippen LogP contribution < -0.4 is 14.8 Å². The Morgan fingerprint density at radius 3 is 2.30 bits per heavy atom. The van der Waals surface area contributed by atoms with E-state index in [1.54, 1.807) is 12.1 Å². The predicted octanol–water partition coefficient (Wildman–Crippen LogP) is 3.71. The average molecular weight is 422 g/mol. The number of benzene rings is 3. The average Bonchev–Trinajstić information content (AvgIpc) is 2.70. The third-order valence-electron chi connectivity index (χ3n) is 5.28. The number of rotatable bonds is 3. The van der Waals surface area contributed by atoms with Crippen LogP contribution in [0.15, 0.2) is 70.0 Å². The third kappa shape index (κ3) is 3.48. The smallest absolute Gasteiger partial charge is 0.203 e. The van der Waals surface area contributed by atoms with Crippen molar-refractivity contribution >= 4 is 26.5 Å². The van der Waals surface area contributed by atoms with Gasteiger partial charge in [-0.3, -0.25) is 0 Å². The molecule has 4 rings (SSSR count). The van der Waals surface area contributed by atoms with Gasteiger partial charge in [-0.05, 0) is 24.3 Å². The number of hydrogen-bond donors (Lipinski definition) is 0. The van der Waals surface area contributed by atoms with Gasteiger partial charge in [0.25, 0.3) is 0 Å². The summed E-state index contributed by atoms with van der Waals surface area (Å²) in [5.74, 6) is 0.711. The van der Waals surface area contributed by atoms with Gasteiger partial charge in [0.1, 0.15) is 25.4 Å². The predicted molar refractivity (Wildman–Crippen MR) is 123 cm³/mol. The fourth-order valence-corrected chi connectivity index (χ4v) is 4.61. The highest BCUT2D eigenvalue weighted by molar-refractivity contribution is 7.90. The first kappa shape index (κ1) is 20.2. The lowest BCUT2D eigenvalue weighted by atomic mass is 9.93. The van der Waals surface area contributed by atoms with Crippen LogP contribution in [-0.2, 0) is 9.84 Å². The summed E-state index contributed by atoms with van der Waals surface area (Å²) in [7, 11) is 4.50. The highest BCUT2D eigenvalue weighted by Crippen LogP contribution is 2.42. The summed E-state index contributed by atoms with van der Waals surface area (Å²) in [6.45, 7) is 0. The van der Waals surface area contributed by atoms with Crippen molar-refractivity contribution in [2.75, 3.05) is 39.3 Å². The molecular formula is C24H25N2O3S+. The monoisotopic (exact) mass is 421 g/mol. The topological polar surface area (TPSA) is 53.5 Å². The maximum absolute atomic E-state index is 12.5. The van der Waals surface area contributed by atoms with Crippen molar-refractivity contribution in [3.05, 3.63) is 66.0 Å². The molecule has 154 valence electrons. The Hall–Kier alpha value is -3.12. The van der Waals surface area contributed by atoms with Gasteiger partial charge in [-0.1, -0.05) is 18.2 Å². The molecule has 1 heterocycles. The highest BCUT2D eigenvalue weighted by atomic mass is 32.2. The van der Waals surface area contributed by atoms with E-state index in [0.717, 1.165) is 27.6 Å². The minimum absolute atomic E-state index is 0.312. The number of hydrogen-bond acceptors (Lipinski definition) is 4. The summed E-state index contributed by atoms with van der Waals surface area (Å²) in [4.78, 5) is 2.33. The fraction of sp³-hybridized carbons (Fsp3) is 0.208. The van der Waals surface area contributed by atoms with Crippen molar-refractivity contribution in [1.29, 1.82) is 0 Å². The standard InChI is InChI=1S/C24H25N2O3S/c1-25(2)16-10-12-18-21(14-16)29-22-15-17(26(3)4)11-13-19(22)24(18)20-8-6-7-9-23(20)30(5,27)28/h6-15H,1-5H3/q+1. The summed E-state index contributed by atoms with van der Waals surface area (Å²) in [5, 5.41) is 1.89. The summed E-state index contributed by atoms with van der Waals surface area (Å²) < 4.78 is 33.4. The summed E-state index contributed by atoms with van der Waals surface area (Å²) in [5.41, 5.74) is 4.14. The molecule has 0 saturated carbocycles. The Kier molecular flexibility index (Phi) is 4.90. The van der Waals surface area contributed by atoms with E-state index in [-0.39, 0.29) is 0 Å². The Labute approximate surface area is 176 Å². The Balaban J connectivity index is 2.21. The molecule has 0 N–H and O–H groups in total. The van der Waals surface area contributed by atoms with E-state index in [2.05, 4.69) is 0 Å². The summed E-state index contributed by atoms with van der Waals surface area (Å²) >= 11 is 0. The lowest BCUT2D eigenvalue weighted by molar-refractivity contribution is 0.602. The molecule has 30 heavy (non-hydrogen) atoms. The van der Waals surface area contributed by atoms with E-state index in [4.69, 9.17) is 4.42 Å². The van der Waals surface area contributed by atoms with Crippen LogP contribution in [-0.4, -0.2) is 42.9 Å². The van der Waals surface area contributed by atoms with Crippen molar-refractivity contribution < 1.29 is 12.8 Å². The van der Waals surface area contributed by atoms with Crippen molar-refractivity contribution in [3.8, 4) is 22.5 Å². The number of nitrogens with zero attached hydrogens (tertiary/aromatic N) is 2. The molecule has 2 aromatic rings. The van der Waals surface area contributed by atoms with E-state index < -0.39 is 9.84 Å². The zero-order chi connectivity index (χ0) is 21.6. The molecule has 0 bridgehead atoms. The molecule has 0 spiro atoms. The zero-order valence-electron chi connectivity index (χ0n) is 17.8. The molecule has 0 fully saturated rings. The van der Waals surface area contributed by atoms with Crippen LogP contribution in [0, 0.1) is 0 Å². The van der Waals surface area contributed by atoms with E-state index in [1.165, 1.54) is 6.26 Å². The number of anilines is 1. The molecule has 1 aliphatic heterocycles. The van der Waals surface area contributed by atoms with Gasteiger partial charge in [0, 0.05) is 60.2 Å². The van der Waals surface area contributed by atoms with Gasteiger partial charge < -0.3 is 9.32 Å². The SMILES string of the molecule is CN(C)c1ccc2c(-c3ccccc3S(C)(=O)=O)c3ccc(=[N+](C)C)cc-3oc2c1. The van der Waals surface area contributed by atoms with Crippen LogP contribution >= 0.6 is 0 Å². The molecule has 1 aliphatic carbocycles. The van der Waals surface area contributed by atoms with Crippen LogP contribution in [0.3, 0.4) is 0 Å². The summed E-state index contributed by atoms with van der Waals surface area (Å²) in [6, 6.07) is 19.2. The molecule has 0 aromatic heterocycles.